The van der Waals surface area contributed by atoms with E-state index in [4.69, 9.17) is 16.3 Å². The number of ether oxygens (including phenoxy) is 1. The van der Waals surface area contributed by atoms with Crippen molar-refractivity contribution in [2.24, 2.45) is 0 Å². The lowest BCUT2D eigenvalue weighted by Gasteiger charge is -2.23. The van der Waals surface area contributed by atoms with Crippen LogP contribution in [0.1, 0.15) is 5.56 Å². The van der Waals surface area contributed by atoms with Gasteiger partial charge in [-0.25, -0.2) is 8.42 Å². The molecule has 0 aliphatic carbocycles. The first-order valence-corrected chi connectivity index (χ1v) is 10.2. The Labute approximate surface area is 158 Å². The lowest BCUT2D eigenvalue weighted by molar-refractivity contribution is -0.119. The Hall–Kier alpha value is -2.25. The van der Waals surface area contributed by atoms with Crippen LogP contribution in [-0.2, 0) is 14.8 Å². The van der Waals surface area contributed by atoms with Gasteiger partial charge in [-0.15, -0.1) is 0 Å². The Morgan fingerprint density at radius 1 is 1.15 bits per heavy atom. The van der Waals surface area contributed by atoms with Crippen LogP contribution in [-0.4, -0.2) is 40.3 Å². The van der Waals surface area contributed by atoms with Crippen LogP contribution in [0, 0.1) is 6.92 Å². The molecule has 0 saturated heterocycles. The summed E-state index contributed by atoms with van der Waals surface area (Å²) in [6.45, 7) is 2.03. The first-order chi connectivity index (χ1) is 12.3. The summed E-state index contributed by atoms with van der Waals surface area (Å²) in [5, 5.41) is 3.27. The SMILES string of the molecule is Cc1ccccc1N(CC(=O)NCCOc1ccc(Cl)cc1)S(C)(=O)=O. The molecule has 0 atom stereocenters. The average molecular weight is 397 g/mol. The summed E-state index contributed by atoms with van der Waals surface area (Å²) >= 11 is 5.80. The zero-order chi connectivity index (χ0) is 19.2. The first kappa shape index (κ1) is 20.1. The summed E-state index contributed by atoms with van der Waals surface area (Å²) in [5.41, 5.74) is 1.26. The highest BCUT2D eigenvalue weighted by atomic mass is 35.5. The Bertz CT molecular complexity index is 854. The molecule has 0 fully saturated rings. The van der Waals surface area contributed by atoms with Crippen molar-refractivity contribution in [3.8, 4) is 5.75 Å². The highest BCUT2D eigenvalue weighted by Crippen LogP contribution is 2.21. The van der Waals surface area contributed by atoms with Crippen molar-refractivity contribution in [3.05, 3.63) is 59.1 Å². The monoisotopic (exact) mass is 396 g/mol. The van der Waals surface area contributed by atoms with Gasteiger partial charge in [0.1, 0.15) is 18.9 Å². The van der Waals surface area contributed by atoms with Crippen molar-refractivity contribution >= 4 is 33.2 Å². The van der Waals surface area contributed by atoms with Gasteiger partial charge in [-0.3, -0.25) is 9.10 Å². The molecule has 0 aromatic heterocycles. The number of hydrogen-bond acceptors (Lipinski definition) is 4. The van der Waals surface area contributed by atoms with Crippen LogP contribution in [0.15, 0.2) is 48.5 Å². The van der Waals surface area contributed by atoms with E-state index in [1.807, 2.05) is 6.07 Å². The molecule has 2 rings (SSSR count). The minimum Gasteiger partial charge on any atom is -0.492 e. The number of rotatable bonds is 8. The second kappa shape index (κ2) is 8.91. The van der Waals surface area contributed by atoms with Gasteiger partial charge in [0.05, 0.1) is 18.5 Å². The van der Waals surface area contributed by atoms with E-state index in [1.54, 1.807) is 49.4 Å². The highest BCUT2D eigenvalue weighted by Gasteiger charge is 2.21. The van der Waals surface area contributed by atoms with Crippen molar-refractivity contribution in [2.45, 2.75) is 6.92 Å². The number of sulfonamides is 1. The predicted octanol–water partition coefficient (Wildman–Crippen LogP) is 2.61. The van der Waals surface area contributed by atoms with Crippen LogP contribution < -0.4 is 14.4 Å². The molecular weight excluding hydrogens is 376 g/mol. The molecule has 0 saturated carbocycles. The van der Waals surface area contributed by atoms with Gasteiger partial charge in [-0.2, -0.15) is 0 Å². The van der Waals surface area contributed by atoms with Crippen LogP contribution >= 0.6 is 11.6 Å². The van der Waals surface area contributed by atoms with Crippen LogP contribution in [0.25, 0.3) is 0 Å². The molecule has 0 aliphatic rings. The Morgan fingerprint density at radius 3 is 2.42 bits per heavy atom. The van der Waals surface area contributed by atoms with E-state index in [2.05, 4.69) is 5.32 Å². The number of carbonyl (C=O) groups is 1. The van der Waals surface area contributed by atoms with Gasteiger partial charge < -0.3 is 10.1 Å². The Morgan fingerprint density at radius 2 is 1.81 bits per heavy atom. The maximum atomic E-state index is 12.2. The van der Waals surface area contributed by atoms with Crippen molar-refractivity contribution in [1.82, 2.24) is 5.32 Å². The maximum absolute atomic E-state index is 12.2. The molecule has 2 aromatic carbocycles. The van der Waals surface area contributed by atoms with Crippen molar-refractivity contribution in [1.29, 1.82) is 0 Å². The highest BCUT2D eigenvalue weighted by molar-refractivity contribution is 7.92. The van der Waals surface area contributed by atoms with Gasteiger partial charge in [0.15, 0.2) is 0 Å². The largest absolute Gasteiger partial charge is 0.492 e. The number of nitrogens with one attached hydrogen (secondary N) is 1. The molecule has 1 amide bonds. The normalized spacial score (nSPS) is 11.0. The third-order valence-corrected chi connectivity index (χ3v) is 4.96. The quantitative estimate of drug-likeness (QED) is 0.696. The number of halogens is 1. The van der Waals surface area contributed by atoms with Crippen LogP contribution in [0.3, 0.4) is 0 Å². The van der Waals surface area contributed by atoms with E-state index >= 15 is 0 Å². The number of hydrogen-bond donors (Lipinski definition) is 1. The maximum Gasteiger partial charge on any atom is 0.240 e. The topological polar surface area (TPSA) is 75.7 Å². The lowest BCUT2D eigenvalue weighted by atomic mass is 10.2. The van der Waals surface area contributed by atoms with Crippen molar-refractivity contribution in [2.75, 3.05) is 30.3 Å². The fourth-order valence-corrected chi connectivity index (χ4v) is 3.34. The van der Waals surface area contributed by atoms with Gasteiger partial charge in [0.2, 0.25) is 15.9 Å². The third kappa shape index (κ3) is 5.93. The fraction of sp³-hybridized carbons (Fsp3) is 0.278. The molecule has 0 radical (unpaired) electrons. The first-order valence-electron chi connectivity index (χ1n) is 7.96. The van der Waals surface area contributed by atoms with Gasteiger partial charge in [-0.05, 0) is 42.8 Å². The Balaban J connectivity index is 1.89. The number of amides is 1. The minimum atomic E-state index is -3.58. The van der Waals surface area contributed by atoms with Crippen LogP contribution in [0.2, 0.25) is 5.02 Å². The zero-order valence-corrected chi connectivity index (χ0v) is 16.2. The number of para-hydroxylation sites is 1. The molecular formula is C18H21ClN2O4S. The van der Waals surface area contributed by atoms with E-state index < -0.39 is 15.9 Å². The zero-order valence-electron chi connectivity index (χ0n) is 14.6. The molecule has 8 heteroatoms. The minimum absolute atomic E-state index is 0.257. The second-order valence-electron chi connectivity index (χ2n) is 5.71. The number of anilines is 1. The van der Waals surface area contributed by atoms with Gasteiger partial charge in [-0.1, -0.05) is 29.8 Å². The number of carbonyl (C=O) groups excluding carboxylic acids is 1. The summed E-state index contributed by atoms with van der Waals surface area (Å²) in [4.78, 5) is 12.2. The molecule has 1 N–H and O–H groups in total. The number of benzene rings is 2. The summed E-state index contributed by atoms with van der Waals surface area (Å²) in [5.74, 6) is 0.236. The van der Waals surface area contributed by atoms with Gasteiger partial charge in [0.25, 0.3) is 0 Å². The Kier molecular flexibility index (Phi) is 6.88. The fourth-order valence-electron chi connectivity index (χ4n) is 2.30. The number of aryl methyl sites for hydroxylation is 1. The molecule has 140 valence electrons. The van der Waals surface area contributed by atoms with E-state index in [9.17, 15) is 13.2 Å². The van der Waals surface area contributed by atoms with Gasteiger partial charge >= 0.3 is 0 Å². The lowest BCUT2D eigenvalue weighted by Crippen LogP contribution is -2.41. The van der Waals surface area contributed by atoms with E-state index in [0.29, 0.717) is 16.5 Å². The molecule has 0 aliphatic heterocycles. The smallest absolute Gasteiger partial charge is 0.240 e. The molecule has 0 bridgehead atoms. The van der Waals surface area contributed by atoms with E-state index in [0.717, 1.165) is 16.1 Å². The summed E-state index contributed by atoms with van der Waals surface area (Å²) in [6, 6.07) is 13.9. The third-order valence-electron chi connectivity index (χ3n) is 3.58. The van der Waals surface area contributed by atoms with Crippen LogP contribution in [0.5, 0.6) is 5.75 Å². The molecule has 2 aromatic rings. The standard InChI is InChI=1S/C18H21ClN2O4S/c1-14-5-3-4-6-17(14)21(26(2,23)24)13-18(22)20-11-12-25-16-9-7-15(19)8-10-16/h3-10H,11-13H2,1-2H3,(H,20,22). The second-order valence-corrected chi connectivity index (χ2v) is 8.05. The number of nitrogens with zero attached hydrogens (tertiary/aromatic N) is 1. The van der Waals surface area contributed by atoms with Crippen molar-refractivity contribution < 1.29 is 17.9 Å². The summed E-state index contributed by atoms with van der Waals surface area (Å²) in [7, 11) is -3.58. The predicted molar refractivity (Wildman–Crippen MR) is 103 cm³/mol. The molecule has 0 heterocycles. The molecule has 0 spiro atoms. The van der Waals surface area contributed by atoms with Crippen LogP contribution in [0.4, 0.5) is 5.69 Å². The van der Waals surface area contributed by atoms with Crippen molar-refractivity contribution in [3.63, 3.8) is 0 Å². The summed E-state index contributed by atoms with van der Waals surface area (Å²) in [6.07, 6.45) is 1.08. The van der Waals surface area contributed by atoms with E-state index in [1.165, 1.54) is 0 Å². The average Bonchev–Trinajstić information content (AvgIpc) is 2.58. The summed E-state index contributed by atoms with van der Waals surface area (Å²) < 4.78 is 30.7. The van der Waals surface area contributed by atoms with E-state index in [-0.39, 0.29) is 19.7 Å². The van der Waals surface area contributed by atoms with Gasteiger partial charge in [0, 0.05) is 5.02 Å². The molecule has 0 unspecified atom stereocenters. The molecule has 26 heavy (non-hydrogen) atoms. The molecule has 6 nitrogen and oxygen atoms in total.